The van der Waals surface area contributed by atoms with Gasteiger partial charge in [-0.3, -0.25) is 14.4 Å². The first-order chi connectivity index (χ1) is 18.0. The summed E-state index contributed by atoms with van der Waals surface area (Å²) in [5.74, 6) is -0.451. The van der Waals surface area contributed by atoms with Crippen molar-refractivity contribution in [1.82, 2.24) is 15.5 Å². The van der Waals surface area contributed by atoms with Crippen molar-refractivity contribution in [3.8, 4) is 6.07 Å². The fourth-order valence-electron chi connectivity index (χ4n) is 3.07. The van der Waals surface area contributed by atoms with E-state index >= 15 is 0 Å². The van der Waals surface area contributed by atoms with E-state index in [0.29, 0.717) is 24.3 Å². The third kappa shape index (κ3) is 17.5. The van der Waals surface area contributed by atoms with Crippen LogP contribution in [-0.4, -0.2) is 60.8 Å². The summed E-state index contributed by atoms with van der Waals surface area (Å²) in [7, 11) is 0. The quantitative estimate of drug-likeness (QED) is 0.379. The highest BCUT2D eigenvalue weighted by Crippen LogP contribution is 2.48. The number of para-hydroxylation sites is 1. The van der Waals surface area contributed by atoms with Crippen LogP contribution >= 0.6 is 0 Å². The number of hydrogen-bond acceptors (Lipinski definition) is 6. The Balaban J connectivity index is 0. The maximum Gasteiger partial charge on any atom is 0.411 e. The largest absolute Gasteiger partial charge is 0.411 e. The van der Waals surface area contributed by atoms with E-state index in [1.54, 1.807) is 0 Å². The molecule has 2 unspecified atom stereocenters. The van der Waals surface area contributed by atoms with Crippen molar-refractivity contribution >= 4 is 30.7 Å². The Labute approximate surface area is 229 Å². The molecule has 1 saturated carbocycles. The molecule has 2 fully saturated rings. The maximum absolute atomic E-state index is 12.0. The Morgan fingerprint density at radius 3 is 1.95 bits per heavy atom. The van der Waals surface area contributed by atoms with E-state index in [1.807, 2.05) is 49.4 Å². The minimum Gasteiger partial charge on any atom is -0.399 e. The molecule has 1 aliphatic carbocycles. The highest BCUT2D eigenvalue weighted by molar-refractivity contribution is 5.80. The first-order valence-corrected chi connectivity index (χ1v) is 12.3. The Morgan fingerprint density at radius 2 is 1.67 bits per heavy atom. The molecule has 39 heavy (non-hydrogen) atoms. The summed E-state index contributed by atoms with van der Waals surface area (Å²) in [6, 6.07) is 11.3. The average Bonchev–Trinajstić information content (AvgIpc) is 3.52. The van der Waals surface area contributed by atoms with Crippen molar-refractivity contribution in [3.63, 3.8) is 0 Å². The number of nitriles is 1. The van der Waals surface area contributed by atoms with Crippen molar-refractivity contribution in [1.29, 1.82) is 5.26 Å². The van der Waals surface area contributed by atoms with Crippen LogP contribution in [0.1, 0.15) is 60.8 Å². The van der Waals surface area contributed by atoms with E-state index in [2.05, 4.69) is 39.1 Å². The second-order valence-electron chi connectivity index (χ2n) is 10.7. The van der Waals surface area contributed by atoms with Crippen molar-refractivity contribution in [2.24, 2.45) is 11.3 Å². The molecule has 9 nitrogen and oxygen atoms in total. The number of nitrogens with zero attached hydrogens (tertiary/aromatic N) is 2. The van der Waals surface area contributed by atoms with E-state index in [1.165, 1.54) is 4.90 Å². The molecule has 1 aromatic carbocycles. The van der Waals surface area contributed by atoms with Gasteiger partial charge in [0.15, 0.2) is 0 Å². The summed E-state index contributed by atoms with van der Waals surface area (Å²) in [6.07, 6.45) is -3.06. The van der Waals surface area contributed by atoms with Gasteiger partial charge in [0.05, 0.1) is 12.6 Å². The number of carbonyl (C=O) groups excluding carboxylic acids is 4. The van der Waals surface area contributed by atoms with Gasteiger partial charge in [0.2, 0.25) is 18.2 Å². The van der Waals surface area contributed by atoms with Crippen LogP contribution in [0.25, 0.3) is 0 Å². The van der Waals surface area contributed by atoms with E-state index in [9.17, 15) is 27.6 Å². The summed E-state index contributed by atoms with van der Waals surface area (Å²) in [6.45, 7) is 14.4. The molecular formula is C27H42F3N5O4. The van der Waals surface area contributed by atoms with Gasteiger partial charge < -0.3 is 26.1 Å². The van der Waals surface area contributed by atoms with Gasteiger partial charge in [-0.05, 0) is 42.7 Å². The Hall–Kier alpha value is -3.62. The number of alkyl halides is 3. The number of likely N-dealkylation sites (tertiary alicyclic amines) is 1. The molecule has 0 spiro atoms. The molecule has 220 valence electrons. The van der Waals surface area contributed by atoms with Crippen LogP contribution in [0.4, 0.5) is 18.9 Å². The first-order valence-electron chi connectivity index (χ1n) is 12.3. The van der Waals surface area contributed by atoms with Crippen LogP contribution in [0.2, 0.25) is 0 Å². The number of nitrogen functional groups attached to an aromatic ring is 1. The molecule has 1 aromatic rings. The molecule has 2 aliphatic rings. The lowest BCUT2D eigenvalue weighted by Gasteiger charge is -2.19. The number of benzene rings is 1. The fourth-order valence-corrected chi connectivity index (χ4v) is 3.07. The molecule has 3 amide bonds. The van der Waals surface area contributed by atoms with Crippen LogP contribution in [0.5, 0.6) is 0 Å². The number of rotatable bonds is 4. The summed E-state index contributed by atoms with van der Waals surface area (Å²) in [4.78, 5) is 41.3. The zero-order valence-corrected chi connectivity index (χ0v) is 23.6. The number of carbonyl (C=O) groups is 4. The molecule has 4 N–H and O–H groups in total. The normalized spacial score (nSPS) is 18.3. The number of anilines is 1. The van der Waals surface area contributed by atoms with Gasteiger partial charge in [-0.15, -0.1) is 0 Å². The second-order valence-corrected chi connectivity index (χ2v) is 10.7. The third-order valence-corrected chi connectivity index (χ3v) is 4.82. The molecule has 0 aromatic heterocycles. The molecule has 1 saturated heterocycles. The number of halogens is 3. The standard InChI is InChI=1S/C9H13N3O2.C6H8F3NO.C6H7N.C5H12.CH2O/c1-7-2-8(3-10)12(5-7)9(14)4-11-6-13;1-4(11)10-5(2-3-5)6(7,8)9;7-6-4-2-1-3-5-6;1-5(2,3)4;1-2/h6-8H,2,4-5H2,1H3,(H,11,13);2-3H2,1H3,(H,10,11);1-5H,7H2;1-4H3;1H2. The number of hydrogen-bond donors (Lipinski definition) is 3. The Morgan fingerprint density at radius 1 is 1.18 bits per heavy atom. The van der Waals surface area contributed by atoms with Gasteiger partial charge in [-0.1, -0.05) is 52.8 Å². The lowest BCUT2D eigenvalue weighted by Crippen LogP contribution is -2.46. The lowest BCUT2D eigenvalue weighted by atomic mass is 10.0. The zero-order valence-electron chi connectivity index (χ0n) is 23.6. The van der Waals surface area contributed by atoms with Gasteiger partial charge in [-0.25, -0.2) is 0 Å². The number of amides is 3. The molecular weight excluding hydrogens is 515 g/mol. The van der Waals surface area contributed by atoms with Crippen molar-refractivity contribution < 1.29 is 32.3 Å². The smallest absolute Gasteiger partial charge is 0.399 e. The van der Waals surface area contributed by atoms with E-state index < -0.39 is 17.6 Å². The Bertz CT molecular complexity index is 905. The van der Waals surface area contributed by atoms with Gasteiger partial charge in [0.25, 0.3) is 0 Å². The maximum atomic E-state index is 12.0. The highest BCUT2D eigenvalue weighted by atomic mass is 19.4. The van der Waals surface area contributed by atoms with E-state index in [4.69, 9.17) is 15.8 Å². The summed E-state index contributed by atoms with van der Waals surface area (Å²) < 4.78 is 36.1. The minimum atomic E-state index is -4.29. The molecule has 3 rings (SSSR count). The first kappa shape index (κ1) is 37.5. The van der Waals surface area contributed by atoms with Crippen LogP contribution in [0, 0.1) is 22.7 Å². The van der Waals surface area contributed by atoms with Crippen LogP contribution < -0.4 is 16.4 Å². The SMILES string of the molecule is C=O.CC(=O)NC1(C(F)(F)F)CC1.CC(C)(C)C.CC1CC(C#N)N(C(=O)CNC=O)C1.Nc1ccccc1. The van der Waals surface area contributed by atoms with Crippen molar-refractivity contribution in [2.75, 3.05) is 18.8 Å². The van der Waals surface area contributed by atoms with E-state index in [-0.39, 0.29) is 31.3 Å². The van der Waals surface area contributed by atoms with Crippen LogP contribution in [-0.2, 0) is 19.2 Å². The van der Waals surface area contributed by atoms with Crippen molar-refractivity contribution in [2.45, 2.75) is 78.6 Å². The summed E-state index contributed by atoms with van der Waals surface area (Å²) in [5.41, 5.74) is 4.79. The molecule has 1 heterocycles. The lowest BCUT2D eigenvalue weighted by molar-refractivity contribution is -0.169. The highest BCUT2D eigenvalue weighted by Gasteiger charge is 2.64. The molecule has 0 bridgehead atoms. The van der Waals surface area contributed by atoms with E-state index in [0.717, 1.165) is 19.0 Å². The van der Waals surface area contributed by atoms with Crippen LogP contribution in [0.15, 0.2) is 30.3 Å². The predicted molar refractivity (Wildman–Crippen MR) is 144 cm³/mol. The minimum absolute atomic E-state index is 0.0100. The fraction of sp³-hybridized carbons (Fsp3) is 0.593. The van der Waals surface area contributed by atoms with Gasteiger partial charge in [0, 0.05) is 19.2 Å². The third-order valence-electron chi connectivity index (χ3n) is 4.82. The Kier molecular flexibility index (Phi) is 17.1. The van der Waals surface area contributed by atoms with Crippen molar-refractivity contribution in [3.05, 3.63) is 30.3 Å². The second kappa shape index (κ2) is 17.8. The average molecular weight is 558 g/mol. The molecule has 1 aliphatic heterocycles. The van der Waals surface area contributed by atoms with Gasteiger partial charge in [0.1, 0.15) is 18.4 Å². The monoisotopic (exact) mass is 557 g/mol. The number of nitrogens with one attached hydrogen (secondary N) is 2. The molecule has 2 atom stereocenters. The molecule has 12 heteroatoms. The van der Waals surface area contributed by atoms with Gasteiger partial charge >= 0.3 is 6.18 Å². The molecule has 0 radical (unpaired) electrons. The topological polar surface area (TPSA) is 145 Å². The predicted octanol–water partition coefficient (Wildman–Crippen LogP) is 3.85. The summed E-state index contributed by atoms with van der Waals surface area (Å²) in [5, 5.41) is 13.0. The summed E-state index contributed by atoms with van der Waals surface area (Å²) >= 11 is 0. The van der Waals surface area contributed by atoms with Gasteiger partial charge in [-0.2, -0.15) is 18.4 Å². The number of nitrogens with two attached hydrogens (primary N) is 1. The zero-order chi connectivity index (χ0) is 30.9. The van der Waals surface area contributed by atoms with Crippen LogP contribution in [0.3, 0.4) is 0 Å².